The summed E-state index contributed by atoms with van der Waals surface area (Å²) in [5, 5.41) is 0. The van der Waals surface area contributed by atoms with Gasteiger partial charge in [-0.15, -0.1) is 0 Å². The molecule has 142 valence electrons. The number of carbonyl (C=O) groups excluding carboxylic acids is 1. The molecule has 0 aliphatic heterocycles. The fourth-order valence-corrected chi connectivity index (χ4v) is 2.88. The van der Waals surface area contributed by atoms with Gasteiger partial charge in [-0.2, -0.15) is 0 Å². The van der Waals surface area contributed by atoms with Crippen molar-refractivity contribution in [3.05, 3.63) is 50.6 Å². The van der Waals surface area contributed by atoms with Gasteiger partial charge in [0.15, 0.2) is 23.1 Å². The maximum Gasteiger partial charge on any atom is 0.344 e. The van der Waals surface area contributed by atoms with Gasteiger partial charge in [-0.25, -0.2) is 19.6 Å². The summed E-state index contributed by atoms with van der Waals surface area (Å²) < 4.78 is 14.4. The van der Waals surface area contributed by atoms with Crippen LogP contribution in [0.4, 0.5) is 0 Å². The molecule has 0 spiro atoms. The molecular formula is C17H19N5O5. The zero-order valence-electron chi connectivity index (χ0n) is 15.6. The lowest BCUT2D eigenvalue weighted by atomic mass is 10.2. The highest BCUT2D eigenvalue weighted by Gasteiger charge is 2.24. The number of rotatable bonds is 4. The first-order chi connectivity index (χ1) is 12.8. The van der Waals surface area contributed by atoms with E-state index in [9.17, 15) is 14.4 Å². The number of hydrogen-bond donors (Lipinski definition) is 0. The minimum Gasteiger partial charge on any atom is -0.480 e. The number of esters is 1. The molecule has 0 saturated heterocycles. The van der Waals surface area contributed by atoms with Crippen LogP contribution in [0.15, 0.2) is 27.9 Å². The molecule has 0 amide bonds. The van der Waals surface area contributed by atoms with Crippen molar-refractivity contribution in [1.82, 2.24) is 23.7 Å². The molecule has 3 rings (SSSR count). The summed E-state index contributed by atoms with van der Waals surface area (Å²) in [4.78, 5) is 45.3. The third-order valence-corrected chi connectivity index (χ3v) is 4.34. The van der Waals surface area contributed by atoms with E-state index in [0.717, 1.165) is 4.57 Å². The van der Waals surface area contributed by atoms with Gasteiger partial charge in [0.2, 0.25) is 5.88 Å². The maximum absolute atomic E-state index is 12.5. The summed E-state index contributed by atoms with van der Waals surface area (Å²) in [5.41, 5.74) is -0.309. The van der Waals surface area contributed by atoms with Crippen LogP contribution in [-0.4, -0.2) is 36.7 Å². The van der Waals surface area contributed by atoms with E-state index in [0.29, 0.717) is 5.82 Å². The summed E-state index contributed by atoms with van der Waals surface area (Å²) in [6.45, 7) is 1.63. The molecule has 0 saturated carbocycles. The predicted octanol–water partition coefficient (Wildman–Crippen LogP) is 0.292. The number of pyridine rings is 1. The zero-order valence-corrected chi connectivity index (χ0v) is 15.6. The van der Waals surface area contributed by atoms with Crippen LogP contribution < -0.4 is 16.0 Å². The van der Waals surface area contributed by atoms with Gasteiger partial charge in [0.1, 0.15) is 5.56 Å². The smallest absolute Gasteiger partial charge is 0.344 e. The van der Waals surface area contributed by atoms with Crippen LogP contribution in [-0.2, 0) is 25.9 Å². The molecule has 0 N–H and O–H groups in total. The Balaban J connectivity index is 2.03. The lowest BCUT2D eigenvalue weighted by molar-refractivity contribution is 0.0311. The third kappa shape index (κ3) is 2.88. The highest BCUT2D eigenvalue weighted by atomic mass is 16.5. The first kappa shape index (κ1) is 18.4. The lowest BCUT2D eigenvalue weighted by Crippen LogP contribution is -2.37. The maximum atomic E-state index is 12.5. The van der Waals surface area contributed by atoms with E-state index < -0.39 is 23.3 Å². The van der Waals surface area contributed by atoms with E-state index in [4.69, 9.17) is 9.47 Å². The van der Waals surface area contributed by atoms with Crippen molar-refractivity contribution in [3.63, 3.8) is 0 Å². The molecule has 3 aromatic rings. The molecule has 1 unspecified atom stereocenters. The number of aromatic nitrogens is 5. The predicted molar refractivity (Wildman–Crippen MR) is 95.8 cm³/mol. The van der Waals surface area contributed by atoms with Crippen molar-refractivity contribution < 1.29 is 14.3 Å². The topological polar surface area (TPSA) is 110 Å². The number of hydrogen-bond acceptors (Lipinski definition) is 7. The Labute approximate surface area is 153 Å². The number of nitrogens with zero attached hydrogens (tertiary/aromatic N) is 5. The Hall–Kier alpha value is -3.43. The average molecular weight is 373 g/mol. The fraction of sp³-hybridized carbons (Fsp3) is 0.353. The molecule has 10 nitrogen and oxygen atoms in total. The van der Waals surface area contributed by atoms with Crippen LogP contribution in [0, 0.1) is 0 Å². The molecule has 3 aromatic heterocycles. The second-order valence-corrected chi connectivity index (χ2v) is 6.01. The van der Waals surface area contributed by atoms with E-state index in [1.54, 1.807) is 20.0 Å². The number of methoxy groups -OCH3 is 1. The Morgan fingerprint density at radius 3 is 2.52 bits per heavy atom. The Kier molecular flexibility index (Phi) is 4.56. The van der Waals surface area contributed by atoms with Crippen LogP contribution in [0.5, 0.6) is 5.88 Å². The van der Waals surface area contributed by atoms with Crippen molar-refractivity contribution in [1.29, 1.82) is 0 Å². The standard InChI is InChI=1S/C17H19N5O5/c1-9(27-16(24)10-7-6-8-18-14(10)26-5)12-19-13-11(20(12)2)15(23)22(4)17(25)21(13)3/h6-9H,1-5H3. The first-order valence-corrected chi connectivity index (χ1v) is 8.10. The summed E-state index contributed by atoms with van der Waals surface area (Å²) >= 11 is 0. The molecule has 1 atom stereocenters. The largest absolute Gasteiger partial charge is 0.480 e. The van der Waals surface area contributed by atoms with Crippen LogP contribution >= 0.6 is 0 Å². The second-order valence-electron chi connectivity index (χ2n) is 6.01. The molecule has 3 heterocycles. The second kappa shape index (κ2) is 6.71. The van der Waals surface area contributed by atoms with Crippen LogP contribution in [0.1, 0.15) is 29.2 Å². The van der Waals surface area contributed by atoms with Gasteiger partial charge >= 0.3 is 11.7 Å². The molecule has 0 aliphatic rings. The van der Waals surface area contributed by atoms with E-state index in [-0.39, 0.29) is 22.6 Å². The van der Waals surface area contributed by atoms with Gasteiger partial charge < -0.3 is 14.0 Å². The Bertz CT molecular complexity index is 1160. The molecule has 27 heavy (non-hydrogen) atoms. The molecule has 0 aliphatic carbocycles. The lowest BCUT2D eigenvalue weighted by Gasteiger charge is -2.14. The number of fused-ring (bicyclic) bond motifs is 1. The third-order valence-electron chi connectivity index (χ3n) is 4.34. The minimum atomic E-state index is -0.778. The number of ether oxygens (including phenoxy) is 2. The fourth-order valence-electron chi connectivity index (χ4n) is 2.88. The summed E-state index contributed by atoms with van der Waals surface area (Å²) in [6, 6.07) is 3.13. The van der Waals surface area contributed by atoms with E-state index in [2.05, 4.69) is 9.97 Å². The van der Waals surface area contributed by atoms with E-state index in [1.165, 1.54) is 42.6 Å². The summed E-state index contributed by atoms with van der Waals surface area (Å²) in [5.74, 6) is -0.156. The van der Waals surface area contributed by atoms with Crippen molar-refractivity contribution in [2.45, 2.75) is 13.0 Å². The molecular weight excluding hydrogens is 354 g/mol. The Morgan fingerprint density at radius 1 is 1.15 bits per heavy atom. The highest BCUT2D eigenvalue weighted by molar-refractivity contribution is 5.91. The average Bonchev–Trinajstić information content (AvgIpc) is 3.02. The van der Waals surface area contributed by atoms with Gasteiger partial charge in [0, 0.05) is 27.3 Å². The van der Waals surface area contributed by atoms with Crippen molar-refractivity contribution >= 4 is 17.1 Å². The zero-order chi connectivity index (χ0) is 19.9. The van der Waals surface area contributed by atoms with Crippen molar-refractivity contribution in [2.24, 2.45) is 21.1 Å². The summed E-state index contributed by atoms with van der Waals surface area (Å²) in [7, 11) is 5.96. The number of aryl methyl sites for hydroxylation is 2. The van der Waals surface area contributed by atoms with E-state index in [1.807, 2.05) is 0 Å². The molecule has 0 aromatic carbocycles. The number of imidazole rings is 1. The van der Waals surface area contributed by atoms with Crippen LogP contribution in [0.3, 0.4) is 0 Å². The highest BCUT2D eigenvalue weighted by Crippen LogP contribution is 2.22. The summed E-state index contributed by atoms with van der Waals surface area (Å²) in [6.07, 6.45) is 0.723. The van der Waals surface area contributed by atoms with Gasteiger partial charge in [-0.3, -0.25) is 13.9 Å². The monoisotopic (exact) mass is 373 g/mol. The van der Waals surface area contributed by atoms with Gasteiger partial charge in [0.05, 0.1) is 7.11 Å². The van der Waals surface area contributed by atoms with E-state index >= 15 is 0 Å². The first-order valence-electron chi connectivity index (χ1n) is 8.10. The molecule has 0 fully saturated rings. The SMILES string of the molecule is COc1ncccc1C(=O)OC(C)c1nc2c(c(=O)n(C)c(=O)n2C)n1C. The Morgan fingerprint density at radius 2 is 1.85 bits per heavy atom. The molecule has 0 radical (unpaired) electrons. The minimum absolute atomic E-state index is 0.149. The van der Waals surface area contributed by atoms with Crippen molar-refractivity contribution in [3.8, 4) is 5.88 Å². The quantitative estimate of drug-likeness (QED) is 0.605. The molecule has 10 heteroatoms. The molecule has 0 bridgehead atoms. The van der Waals surface area contributed by atoms with Crippen LogP contribution in [0.2, 0.25) is 0 Å². The van der Waals surface area contributed by atoms with Gasteiger partial charge in [0.25, 0.3) is 5.56 Å². The normalized spacial score (nSPS) is 12.2. The van der Waals surface area contributed by atoms with Crippen LogP contribution in [0.25, 0.3) is 11.2 Å². The van der Waals surface area contributed by atoms with Gasteiger partial charge in [-0.1, -0.05) is 0 Å². The van der Waals surface area contributed by atoms with Gasteiger partial charge in [-0.05, 0) is 19.1 Å². The van der Waals surface area contributed by atoms with Crippen molar-refractivity contribution in [2.75, 3.05) is 7.11 Å². The number of carbonyl (C=O) groups is 1.